The van der Waals surface area contributed by atoms with Crippen LogP contribution >= 0.6 is 0 Å². The molecule has 1 aliphatic carbocycles. The average molecular weight is 303 g/mol. The van der Waals surface area contributed by atoms with Gasteiger partial charge in [-0.25, -0.2) is 0 Å². The van der Waals surface area contributed by atoms with Crippen LogP contribution in [0.3, 0.4) is 0 Å². The van der Waals surface area contributed by atoms with Crippen LogP contribution < -0.4 is 24.8 Å². The van der Waals surface area contributed by atoms with E-state index < -0.39 is 0 Å². The fourth-order valence-corrected chi connectivity index (χ4v) is 1.22. The molecule has 0 aromatic heterocycles. The molecule has 0 amide bonds. The summed E-state index contributed by atoms with van der Waals surface area (Å²) in [5, 5.41) is 0. The van der Waals surface area contributed by atoms with E-state index in [4.69, 9.17) is 0 Å². The Bertz CT molecular complexity index is 304. The first-order chi connectivity index (χ1) is 5.47. The van der Waals surface area contributed by atoms with Crippen LogP contribution in [-0.4, -0.2) is 0 Å². The number of allylic oxidation sites excluding steroid dienone is 4. The molecule has 0 saturated carbocycles. The first-order valence-corrected chi connectivity index (χ1v) is 3.79. The zero-order chi connectivity index (χ0) is 7.52. The van der Waals surface area contributed by atoms with Crippen molar-refractivity contribution in [1.82, 2.24) is 0 Å². The summed E-state index contributed by atoms with van der Waals surface area (Å²) in [6.45, 7) is 0. The monoisotopic (exact) mass is 301 g/mol. The molecule has 0 bridgehead atoms. The molecule has 0 atom stereocenters. The van der Waals surface area contributed by atoms with Crippen molar-refractivity contribution in [2.45, 2.75) is 6.42 Å². The third-order valence-corrected chi connectivity index (χ3v) is 1.78. The van der Waals surface area contributed by atoms with Crippen LogP contribution in [0.2, 0.25) is 0 Å². The summed E-state index contributed by atoms with van der Waals surface area (Å²) in [5.41, 5.74) is 2.49. The molecule has 1 aromatic rings. The van der Waals surface area contributed by atoms with Crippen molar-refractivity contribution < 1.29 is 51.0 Å². The van der Waals surface area contributed by atoms with Crippen molar-refractivity contribution >= 4 is 5.57 Å². The van der Waals surface area contributed by atoms with E-state index >= 15 is 0 Å². The van der Waals surface area contributed by atoms with Gasteiger partial charge >= 0.3 is 26.2 Å². The van der Waals surface area contributed by atoms with Gasteiger partial charge in [-0.3, -0.25) is 0 Å². The molecule has 0 fully saturated rings. The van der Waals surface area contributed by atoms with Crippen molar-refractivity contribution in [3.8, 4) is 0 Å². The SMILES string of the molecule is [C-]1=C(c2ccccc2)C=CC1.[Cl-].[Cl-].[Zr+3]. The quantitative estimate of drug-likeness (QED) is 0.481. The summed E-state index contributed by atoms with van der Waals surface area (Å²) < 4.78 is 0. The molecule has 0 aliphatic heterocycles. The zero-order valence-electron chi connectivity index (χ0n) is 7.50. The van der Waals surface area contributed by atoms with Crippen LogP contribution in [0.5, 0.6) is 0 Å². The van der Waals surface area contributed by atoms with Gasteiger partial charge in [-0.15, -0.1) is 23.8 Å². The zero-order valence-corrected chi connectivity index (χ0v) is 11.5. The molecule has 3 heteroatoms. The number of rotatable bonds is 1. The first-order valence-electron chi connectivity index (χ1n) is 3.79. The molecule has 71 valence electrons. The molecule has 0 N–H and O–H groups in total. The van der Waals surface area contributed by atoms with E-state index in [9.17, 15) is 0 Å². The van der Waals surface area contributed by atoms with E-state index in [0.29, 0.717) is 0 Å². The Hall–Kier alpha value is 0.163. The van der Waals surface area contributed by atoms with E-state index in [2.05, 4.69) is 42.5 Å². The number of hydrogen-bond donors (Lipinski definition) is 0. The predicted octanol–water partition coefficient (Wildman–Crippen LogP) is -3.16. The number of hydrogen-bond acceptors (Lipinski definition) is 0. The number of benzene rings is 1. The Balaban J connectivity index is 0. The van der Waals surface area contributed by atoms with E-state index in [0.717, 1.165) is 6.42 Å². The normalized spacial score (nSPS) is 11.9. The standard InChI is InChI=1S/C11H9.2ClH.Zr/c1-2-6-10(7-3-1)11-8-4-5-9-11;;;/h1-4,6-8H,5H2;2*1H;/q-1;;;+3/p-2. The summed E-state index contributed by atoms with van der Waals surface area (Å²) in [7, 11) is 0. The summed E-state index contributed by atoms with van der Waals surface area (Å²) in [4.78, 5) is 0. The molecule has 2 rings (SSSR count). The minimum atomic E-state index is 0. The minimum absolute atomic E-state index is 0. The summed E-state index contributed by atoms with van der Waals surface area (Å²) in [6.07, 6.45) is 8.49. The maximum Gasteiger partial charge on any atom is 3.00 e. The molecule has 0 saturated heterocycles. The summed E-state index contributed by atoms with van der Waals surface area (Å²) in [5.74, 6) is 0. The van der Waals surface area contributed by atoms with Gasteiger partial charge in [0.15, 0.2) is 0 Å². The first kappa shape index (κ1) is 16.6. The third-order valence-electron chi connectivity index (χ3n) is 1.78. The van der Waals surface area contributed by atoms with Crippen molar-refractivity contribution in [2.24, 2.45) is 0 Å². The smallest absolute Gasteiger partial charge is 1.00 e. The van der Waals surface area contributed by atoms with Gasteiger partial charge in [0, 0.05) is 0 Å². The average Bonchev–Trinajstić information content (AvgIpc) is 2.58. The minimum Gasteiger partial charge on any atom is -1.00 e. The van der Waals surface area contributed by atoms with Gasteiger partial charge in [0.2, 0.25) is 0 Å². The molecule has 0 unspecified atom stereocenters. The Morgan fingerprint density at radius 3 is 2.14 bits per heavy atom. The molecule has 1 aliphatic rings. The predicted molar refractivity (Wildman–Crippen MR) is 46.8 cm³/mol. The van der Waals surface area contributed by atoms with Crippen LogP contribution in [0.1, 0.15) is 12.0 Å². The largest absolute Gasteiger partial charge is 3.00 e. The molecule has 14 heavy (non-hydrogen) atoms. The van der Waals surface area contributed by atoms with Gasteiger partial charge in [-0.1, -0.05) is 24.6 Å². The molecule has 1 radical (unpaired) electrons. The molecule has 0 spiro atoms. The van der Waals surface area contributed by atoms with Gasteiger partial charge < -0.3 is 24.8 Å². The fraction of sp³-hybridized carbons (Fsp3) is 0.0909. The second-order valence-electron chi connectivity index (χ2n) is 2.56. The molecule has 0 heterocycles. The second kappa shape index (κ2) is 8.47. The van der Waals surface area contributed by atoms with E-state index in [-0.39, 0.29) is 51.0 Å². The van der Waals surface area contributed by atoms with Gasteiger partial charge in [0.05, 0.1) is 0 Å². The Morgan fingerprint density at radius 2 is 1.64 bits per heavy atom. The Kier molecular flexibility index (Phi) is 10.0. The third kappa shape index (κ3) is 4.13. The van der Waals surface area contributed by atoms with Crippen LogP contribution in [0.25, 0.3) is 5.57 Å². The van der Waals surface area contributed by atoms with Gasteiger partial charge in [-0.05, 0) is 0 Å². The van der Waals surface area contributed by atoms with Crippen molar-refractivity contribution in [1.29, 1.82) is 0 Å². The van der Waals surface area contributed by atoms with Crippen LogP contribution in [0, 0.1) is 6.08 Å². The fourth-order valence-electron chi connectivity index (χ4n) is 1.22. The topological polar surface area (TPSA) is 0 Å². The Morgan fingerprint density at radius 1 is 1.00 bits per heavy atom. The Labute approximate surface area is 116 Å². The van der Waals surface area contributed by atoms with E-state index in [1.807, 2.05) is 6.07 Å². The van der Waals surface area contributed by atoms with Crippen molar-refractivity contribution in [3.63, 3.8) is 0 Å². The maximum absolute atomic E-state index is 3.28. The summed E-state index contributed by atoms with van der Waals surface area (Å²) >= 11 is 0. The molecule has 0 nitrogen and oxygen atoms in total. The van der Waals surface area contributed by atoms with E-state index in [1.54, 1.807) is 0 Å². The van der Waals surface area contributed by atoms with Crippen LogP contribution in [-0.2, 0) is 26.2 Å². The van der Waals surface area contributed by atoms with Gasteiger partial charge in [0.25, 0.3) is 0 Å². The number of halogens is 2. The van der Waals surface area contributed by atoms with Crippen molar-refractivity contribution in [3.05, 3.63) is 54.1 Å². The summed E-state index contributed by atoms with van der Waals surface area (Å²) in [6, 6.07) is 10.4. The van der Waals surface area contributed by atoms with Gasteiger partial charge in [0.1, 0.15) is 0 Å². The second-order valence-corrected chi connectivity index (χ2v) is 2.56. The van der Waals surface area contributed by atoms with Gasteiger partial charge in [-0.2, -0.15) is 17.7 Å². The van der Waals surface area contributed by atoms with Crippen LogP contribution in [0.15, 0.2) is 42.5 Å². The molecular weight excluding hydrogens is 294 g/mol. The van der Waals surface area contributed by atoms with E-state index in [1.165, 1.54) is 11.1 Å². The van der Waals surface area contributed by atoms with Crippen LogP contribution in [0.4, 0.5) is 0 Å². The molecular formula is C11H9Cl2Zr. The van der Waals surface area contributed by atoms with Crippen molar-refractivity contribution in [2.75, 3.05) is 0 Å². The molecule has 1 aromatic carbocycles. The maximum atomic E-state index is 3.28.